The lowest BCUT2D eigenvalue weighted by atomic mass is 10.1. The summed E-state index contributed by atoms with van der Waals surface area (Å²) in [5.74, 6) is 0.919. The van der Waals surface area contributed by atoms with E-state index >= 15 is 0 Å². The molecular formula is C16H26N2O2. The van der Waals surface area contributed by atoms with Gasteiger partial charge in [-0.05, 0) is 45.1 Å². The monoisotopic (exact) mass is 278 g/mol. The molecule has 20 heavy (non-hydrogen) atoms. The summed E-state index contributed by atoms with van der Waals surface area (Å²) in [5, 5.41) is 3.25. The molecule has 1 aliphatic heterocycles. The van der Waals surface area contributed by atoms with Crippen molar-refractivity contribution in [1.82, 2.24) is 10.2 Å². The molecule has 2 rings (SSSR count). The minimum absolute atomic E-state index is 0.178. The molecule has 4 nitrogen and oxygen atoms in total. The van der Waals surface area contributed by atoms with Gasteiger partial charge in [0.25, 0.3) is 0 Å². The molecule has 112 valence electrons. The molecule has 0 amide bonds. The van der Waals surface area contributed by atoms with Crippen LogP contribution < -0.4 is 10.1 Å². The number of ether oxygens (including phenoxy) is 2. The number of hydrogen-bond donors (Lipinski definition) is 1. The zero-order valence-corrected chi connectivity index (χ0v) is 12.8. The molecule has 0 aliphatic carbocycles. The SMILES string of the molecule is CNC(C)Cc1ccc(OCC2CN(C)CCO2)cc1. The van der Waals surface area contributed by atoms with Crippen LogP contribution in [-0.4, -0.2) is 57.4 Å². The van der Waals surface area contributed by atoms with Crippen molar-refractivity contribution in [2.75, 3.05) is 40.4 Å². The predicted molar refractivity (Wildman–Crippen MR) is 81.4 cm³/mol. The fraction of sp³-hybridized carbons (Fsp3) is 0.625. The minimum Gasteiger partial charge on any atom is -0.491 e. The smallest absolute Gasteiger partial charge is 0.119 e. The standard InChI is InChI=1S/C16H26N2O2/c1-13(17-2)10-14-4-6-15(7-5-14)20-12-16-11-18(3)8-9-19-16/h4-7,13,16-17H,8-12H2,1-3H3. The summed E-state index contributed by atoms with van der Waals surface area (Å²) < 4.78 is 11.5. The quantitative estimate of drug-likeness (QED) is 0.856. The first kappa shape index (κ1) is 15.3. The highest BCUT2D eigenvalue weighted by atomic mass is 16.5. The zero-order valence-electron chi connectivity index (χ0n) is 12.8. The molecule has 1 fully saturated rings. The van der Waals surface area contributed by atoms with Crippen LogP contribution in [0.25, 0.3) is 0 Å². The van der Waals surface area contributed by atoms with Crippen molar-refractivity contribution in [2.24, 2.45) is 0 Å². The van der Waals surface area contributed by atoms with Gasteiger partial charge in [0.05, 0.1) is 6.61 Å². The first-order valence-corrected chi connectivity index (χ1v) is 7.36. The number of nitrogens with one attached hydrogen (secondary N) is 1. The van der Waals surface area contributed by atoms with Gasteiger partial charge in [0, 0.05) is 19.1 Å². The number of morpholine rings is 1. The summed E-state index contributed by atoms with van der Waals surface area (Å²) in [4.78, 5) is 2.28. The molecule has 1 aliphatic rings. The maximum atomic E-state index is 5.81. The second-order valence-electron chi connectivity index (χ2n) is 5.60. The highest BCUT2D eigenvalue weighted by Gasteiger charge is 2.18. The molecular weight excluding hydrogens is 252 g/mol. The van der Waals surface area contributed by atoms with Crippen LogP contribution in [0.15, 0.2) is 24.3 Å². The Labute approximate surface area is 122 Å². The molecule has 1 aromatic rings. The molecule has 0 saturated carbocycles. The number of benzene rings is 1. The highest BCUT2D eigenvalue weighted by Crippen LogP contribution is 2.14. The Balaban J connectivity index is 1.78. The van der Waals surface area contributed by atoms with Gasteiger partial charge in [-0.15, -0.1) is 0 Å². The van der Waals surface area contributed by atoms with Crippen LogP contribution >= 0.6 is 0 Å². The normalized spacial score (nSPS) is 21.6. The van der Waals surface area contributed by atoms with Crippen molar-refractivity contribution in [1.29, 1.82) is 0 Å². The van der Waals surface area contributed by atoms with Crippen LogP contribution in [-0.2, 0) is 11.2 Å². The summed E-state index contributed by atoms with van der Waals surface area (Å²) in [6.07, 6.45) is 1.21. The van der Waals surface area contributed by atoms with Crippen LogP contribution in [0.5, 0.6) is 5.75 Å². The summed E-state index contributed by atoms with van der Waals surface area (Å²) in [7, 11) is 4.11. The Hall–Kier alpha value is -1.10. The zero-order chi connectivity index (χ0) is 14.4. The van der Waals surface area contributed by atoms with Gasteiger partial charge < -0.3 is 19.7 Å². The summed E-state index contributed by atoms with van der Waals surface area (Å²) >= 11 is 0. The van der Waals surface area contributed by atoms with E-state index in [0.29, 0.717) is 12.6 Å². The highest BCUT2D eigenvalue weighted by molar-refractivity contribution is 5.27. The van der Waals surface area contributed by atoms with Gasteiger partial charge in [-0.1, -0.05) is 12.1 Å². The summed E-state index contributed by atoms with van der Waals surface area (Å²) in [5.41, 5.74) is 1.33. The average molecular weight is 278 g/mol. The lowest BCUT2D eigenvalue weighted by molar-refractivity contribution is -0.0403. The van der Waals surface area contributed by atoms with Crippen molar-refractivity contribution in [3.05, 3.63) is 29.8 Å². The van der Waals surface area contributed by atoms with E-state index in [1.165, 1.54) is 5.56 Å². The average Bonchev–Trinajstić information content (AvgIpc) is 2.46. The van der Waals surface area contributed by atoms with Crippen LogP contribution in [0.4, 0.5) is 0 Å². The maximum Gasteiger partial charge on any atom is 0.119 e. The molecule has 0 aromatic heterocycles. The van der Waals surface area contributed by atoms with E-state index in [-0.39, 0.29) is 6.10 Å². The molecule has 0 bridgehead atoms. The Kier molecular flexibility index (Phi) is 5.83. The maximum absolute atomic E-state index is 5.81. The van der Waals surface area contributed by atoms with E-state index in [0.717, 1.165) is 31.9 Å². The van der Waals surface area contributed by atoms with E-state index in [9.17, 15) is 0 Å². The molecule has 1 N–H and O–H groups in total. The van der Waals surface area contributed by atoms with E-state index in [1.807, 2.05) is 19.2 Å². The second kappa shape index (κ2) is 7.62. The second-order valence-corrected chi connectivity index (χ2v) is 5.60. The van der Waals surface area contributed by atoms with Gasteiger partial charge in [0.1, 0.15) is 18.5 Å². The van der Waals surface area contributed by atoms with E-state index in [4.69, 9.17) is 9.47 Å². The lowest BCUT2D eigenvalue weighted by Crippen LogP contribution is -2.42. The predicted octanol–water partition coefficient (Wildman–Crippen LogP) is 1.55. The van der Waals surface area contributed by atoms with Gasteiger partial charge in [-0.25, -0.2) is 0 Å². The first-order valence-electron chi connectivity index (χ1n) is 7.36. The lowest BCUT2D eigenvalue weighted by Gasteiger charge is -2.29. The third-order valence-electron chi connectivity index (χ3n) is 3.74. The topological polar surface area (TPSA) is 33.7 Å². The molecule has 1 saturated heterocycles. The molecule has 0 spiro atoms. The Morgan fingerprint density at radius 2 is 2.15 bits per heavy atom. The number of likely N-dealkylation sites (N-methyl/N-ethyl adjacent to an activating group) is 2. The molecule has 1 heterocycles. The van der Waals surface area contributed by atoms with Gasteiger partial charge in [0.15, 0.2) is 0 Å². The first-order chi connectivity index (χ1) is 9.67. The molecule has 2 atom stereocenters. The fourth-order valence-electron chi connectivity index (χ4n) is 2.33. The van der Waals surface area contributed by atoms with Crippen molar-refractivity contribution in [3.63, 3.8) is 0 Å². The van der Waals surface area contributed by atoms with Gasteiger partial charge >= 0.3 is 0 Å². The van der Waals surface area contributed by atoms with Crippen molar-refractivity contribution in [3.8, 4) is 5.75 Å². The summed E-state index contributed by atoms with van der Waals surface area (Å²) in [6, 6.07) is 8.86. The van der Waals surface area contributed by atoms with E-state index in [1.54, 1.807) is 0 Å². The molecule has 1 aromatic carbocycles. The van der Waals surface area contributed by atoms with Crippen LogP contribution in [0.1, 0.15) is 12.5 Å². The third-order valence-corrected chi connectivity index (χ3v) is 3.74. The van der Waals surface area contributed by atoms with Crippen molar-refractivity contribution in [2.45, 2.75) is 25.5 Å². The largest absolute Gasteiger partial charge is 0.491 e. The number of rotatable bonds is 6. The summed E-state index contributed by atoms with van der Waals surface area (Å²) in [6.45, 7) is 5.55. The van der Waals surface area contributed by atoms with Gasteiger partial charge in [0.2, 0.25) is 0 Å². The van der Waals surface area contributed by atoms with E-state index < -0.39 is 0 Å². The van der Waals surface area contributed by atoms with E-state index in [2.05, 4.69) is 36.3 Å². The number of hydrogen-bond acceptors (Lipinski definition) is 4. The molecule has 4 heteroatoms. The fourth-order valence-corrected chi connectivity index (χ4v) is 2.33. The van der Waals surface area contributed by atoms with Crippen LogP contribution in [0, 0.1) is 0 Å². The Morgan fingerprint density at radius 1 is 1.40 bits per heavy atom. The van der Waals surface area contributed by atoms with Crippen LogP contribution in [0.3, 0.4) is 0 Å². The van der Waals surface area contributed by atoms with Crippen molar-refractivity contribution >= 4 is 0 Å². The van der Waals surface area contributed by atoms with Gasteiger partial charge in [-0.3, -0.25) is 0 Å². The minimum atomic E-state index is 0.178. The Bertz CT molecular complexity index is 394. The number of nitrogens with zero attached hydrogens (tertiary/aromatic N) is 1. The molecule has 2 unspecified atom stereocenters. The Morgan fingerprint density at radius 3 is 2.80 bits per heavy atom. The molecule has 0 radical (unpaired) electrons. The van der Waals surface area contributed by atoms with Gasteiger partial charge in [-0.2, -0.15) is 0 Å². The third kappa shape index (κ3) is 4.78. The van der Waals surface area contributed by atoms with Crippen molar-refractivity contribution < 1.29 is 9.47 Å². The van der Waals surface area contributed by atoms with Crippen LogP contribution in [0.2, 0.25) is 0 Å².